The summed E-state index contributed by atoms with van der Waals surface area (Å²) >= 11 is 0. The molecule has 0 spiro atoms. The summed E-state index contributed by atoms with van der Waals surface area (Å²) in [6, 6.07) is 21.9. The van der Waals surface area contributed by atoms with Gasteiger partial charge in [-0.15, -0.1) is 0 Å². The van der Waals surface area contributed by atoms with Crippen molar-refractivity contribution in [2.45, 2.75) is 19.5 Å². The highest BCUT2D eigenvalue weighted by Crippen LogP contribution is 2.32. The molecule has 1 heterocycles. The fourth-order valence-electron chi connectivity index (χ4n) is 3.95. The van der Waals surface area contributed by atoms with Gasteiger partial charge in [-0.05, 0) is 65.6 Å². The van der Waals surface area contributed by atoms with E-state index in [2.05, 4.69) is 59.0 Å². The van der Waals surface area contributed by atoms with E-state index in [0.717, 1.165) is 30.9 Å². The Morgan fingerprint density at radius 3 is 2.50 bits per heavy atom. The molecule has 5 heteroatoms. The number of hydrogen-bond acceptors (Lipinski definition) is 3. The number of carbonyl (C=O) groups is 1. The molecule has 3 aromatic carbocycles. The molecule has 0 saturated heterocycles. The van der Waals surface area contributed by atoms with Crippen LogP contribution >= 0.6 is 0 Å². The molecule has 0 bridgehead atoms. The maximum atomic E-state index is 12.4. The van der Waals surface area contributed by atoms with Gasteiger partial charge in [-0.1, -0.05) is 42.5 Å². The van der Waals surface area contributed by atoms with Crippen molar-refractivity contribution in [1.29, 1.82) is 0 Å². The molecule has 0 atom stereocenters. The molecular weight excluding hydrogens is 374 g/mol. The van der Waals surface area contributed by atoms with E-state index in [-0.39, 0.29) is 6.03 Å². The van der Waals surface area contributed by atoms with Gasteiger partial charge >= 0.3 is 6.03 Å². The Kier molecular flexibility index (Phi) is 6.00. The first-order chi connectivity index (χ1) is 14.6. The fourth-order valence-corrected chi connectivity index (χ4v) is 3.95. The predicted molar refractivity (Wildman–Crippen MR) is 121 cm³/mol. The predicted octanol–water partition coefficient (Wildman–Crippen LogP) is 4.67. The van der Waals surface area contributed by atoms with Crippen LogP contribution in [0.1, 0.15) is 16.7 Å². The average Bonchev–Trinajstić information content (AvgIpc) is 2.78. The van der Waals surface area contributed by atoms with E-state index in [1.54, 1.807) is 7.11 Å². The molecule has 4 rings (SSSR count). The zero-order chi connectivity index (χ0) is 20.9. The lowest BCUT2D eigenvalue weighted by molar-refractivity contribution is 0.251. The van der Waals surface area contributed by atoms with Crippen molar-refractivity contribution in [3.8, 4) is 16.9 Å². The summed E-state index contributed by atoms with van der Waals surface area (Å²) in [5, 5.41) is 5.87. The molecule has 1 aliphatic rings. The number of benzene rings is 3. The Bertz CT molecular complexity index is 1020. The molecule has 154 valence electrons. The highest BCUT2D eigenvalue weighted by atomic mass is 16.5. The molecule has 5 nitrogen and oxygen atoms in total. The van der Waals surface area contributed by atoms with Gasteiger partial charge in [0.15, 0.2) is 0 Å². The van der Waals surface area contributed by atoms with E-state index in [1.807, 2.05) is 30.3 Å². The normalized spacial score (nSPS) is 13.4. The summed E-state index contributed by atoms with van der Waals surface area (Å²) in [7, 11) is 3.77. The third-order valence-corrected chi connectivity index (χ3v) is 5.57. The first kappa shape index (κ1) is 20.0. The minimum atomic E-state index is -0.217. The van der Waals surface area contributed by atoms with Gasteiger partial charge in [-0.2, -0.15) is 0 Å². The number of amides is 2. The molecular formula is C25H27N3O2. The van der Waals surface area contributed by atoms with Crippen molar-refractivity contribution >= 4 is 11.7 Å². The lowest BCUT2D eigenvalue weighted by Crippen LogP contribution is -2.31. The molecule has 0 unspecified atom stereocenters. The number of hydrogen-bond donors (Lipinski definition) is 2. The van der Waals surface area contributed by atoms with Crippen LogP contribution in [0.15, 0.2) is 66.7 Å². The highest BCUT2D eigenvalue weighted by molar-refractivity contribution is 5.89. The van der Waals surface area contributed by atoms with Crippen molar-refractivity contribution in [3.05, 3.63) is 83.4 Å². The van der Waals surface area contributed by atoms with Crippen LogP contribution in [0.2, 0.25) is 0 Å². The monoisotopic (exact) mass is 401 g/mol. The third kappa shape index (κ3) is 4.47. The Balaban J connectivity index is 1.50. The average molecular weight is 402 g/mol. The van der Waals surface area contributed by atoms with Crippen molar-refractivity contribution in [2.75, 3.05) is 26.0 Å². The second-order valence-electron chi connectivity index (χ2n) is 7.62. The zero-order valence-electron chi connectivity index (χ0n) is 17.4. The van der Waals surface area contributed by atoms with E-state index >= 15 is 0 Å². The van der Waals surface area contributed by atoms with Gasteiger partial charge in [0, 0.05) is 25.3 Å². The fraction of sp³-hybridized carbons (Fsp3) is 0.240. The van der Waals surface area contributed by atoms with Crippen LogP contribution in [0.5, 0.6) is 5.75 Å². The zero-order valence-corrected chi connectivity index (χ0v) is 17.4. The Hall–Kier alpha value is -3.31. The number of ether oxygens (including phenoxy) is 1. The second-order valence-corrected chi connectivity index (χ2v) is 7.62. The van der Waals surface area contributed by atoms with Gasteiger partial charge in [0.05, 0.1) is 7.11 Å². The quantitative estimate of drug-likeness (QED) is 0.653. The highest BCUT2D eigenvalue weighted by Gasteiger charge is 2.20. The van der Waals surface area contributed by atoms with Crippen LogP contribution in [0, 0.1) is 0 Å². The first-order valence-electron chi connectivity index (χ1n) is 10.2. The number of methoxy groups -OCH3 is 1. The van der Waals surface area contributed by atoms with Crippen LogP contribution in [-0.4, -0.2) is 31.6 Å². The SMILES string of the molecule is COc1ccc(NC(=O)NCc2ccc(-c3ccccc3)c3c2CN(C)CC3)cc1. The minimum absolute atomic E-state index is 0.217. The van der Waals surface area contributed by atoms with Gasteiger partial charge in [0.2, 0.25) is 0 Å². The maximum absolute atomic E-state index is 12.4. The summed E-state index contributed by atoms with van der Waals surface area (Å²) in [5.41, 5.74) is 7.17. The molecule has 2 amide bonds. The van der Waals surface area contributed by atoms with Crippen molar-refractivity contribution < 1.29 is 9.53 Å². The summed E-state index contributed by atoms with van der Waals surface area (Å²) in [6.45, 7) is 2.43. The lowest BCUT2D eigenvalue weighted by Gasteiger charge is -2.29. The number of likely N-dealkylation sites (N-methyl/N-ethyl adjacent to an activating group) is 1. The number of anilines is 1. The van der Waals surface area contributed by atoms with Crippen LogP contribution in [0.3, 0.4) is 0 Å². The molecule has 0 aromatic heterocycles. The Labute approximate surface area is 177 Å². The first-order valence-corrected chi connectivity index (χ1v) is 10.2. The Morgan fingerprint density at radius 1 is 1.00 bits per heavy atom. The van der Waals surface area contributed by atoms with Gasteiger partial charge in [-0.25, -0.2) is 4.79 Å². The molecule has 30 heavy (non-hydrogen) atoms. The van der Waals surface area contributed by atoms with Crippen LogP contribution in [0.4, 0.5) is 10.5 Å². The smallest absolute Gasteiger partial charge is 0.319 e. The largest absolute Gasteiger partial charge is 0.497 e. The summed E-state index contributed by atoms with van der Waals surface area (Å²) < 4.78 is 5.15. The molecule has 2 N–H and O–H groups in total. The van der Waals surface area contributed by atoms with E-state index in [4.69, 9.17) is 4.74 Å². The maximum Gasteiger partial charge on any atom is 0.319 e. The molecule has 3 aromatic rings. The molecule has 0 radical (unpaired) electrons. The van der Waals surface area contributed by atoms with Gasteiger partial charge < -0.3 is 20.3 Å². The van der Waals surface area contributed by atoms with Crippen molar-refractivity contribution in [2.24, 2.45) is 0 Å². The molecule has 0 saturated carbocycles. The van der Waals surface area contributed by atoms with E-state index in [1.165, 1.54) is 27.8 Å². The van der Waals surface area contributed by atoms with Crippen molar-refractivity contribution in [3.63, 3.8) is 0 Å². The topological polar surface area (TPSA) is 53.6 Å². The minimum Gasteiger partial charge on any atom is -0.497 e. The second kappa shape index (κ2) is 9.01. The summed E-state index contributed by atoms with van der Waals surface area (Å²) in [4.78, 5) is 14.7. The van der Waals surface area contributed by atoms with E-state index in [9.17, 15) is 4.79 Å². The van der Waals surface area contributed by atoms with E-state index in [0.29, 0.717) is 6.54 Å². The van der Waals surface area contributed by atoms with Crippen LogP contribution in [-0.2, 0) is 19.5 Å². The number of urea groups is 1. The number of nitrogens with one attached hydrogen (secondary N) is 2. The summed E-state index contributed by atoms with van der Waals surface area (Å²) in [6.07, 6.45) is 1.02. The summed E-state index contributed by atoms with van der Waals surface area (Å²) in [5.74, 6) is 0.759. The van der Waals surface area contributed by atoms with Gasteiger partial charge in [0.25, 0.3) is 0 Å². The van der Waals surface area contributed by atoms with Crippen molar-refractivity contribution in [1.82, 2.24) is 10.2 Å². The molecule has 0 aliphatic carbocycles. The number of nitrogens with zero attached hydrogens (tertiary/aromatic N) is 1. The van der Waals surface area contributed by atoms with Gasteiger partial charge in [0.1, 0.15) is 5.75 Å². The van der Waals surface area contributed by atoms with Crippen LogP contribution < -0.4 is 15.4 Å². The Morgan fingerprint density at radius 2 is 1.77 bits per heavy atom. The molecule has 0 fully saturated rings. The third-order valence-electron chi connectivity index (χ3n) is 5.57. The lowest BCUT2D eigenvalue weighted by atomic mass is 9.87. The number of fused-ring (bicyclic) bond motifs is 1. The number of carbonyl (C=O) groups excluding carboxylic acids is 1. The van der Waals surface area contributed by atoms with E-state index < -0.39 is 0 Å². The number of rotatable bonds is 5. The van der Waals surface area contributed by atoms with Gasteiger partial charge in [-0.3, -0.25) is 0 Å². The van der Waals surface area contributed by atoms with Crippen LogP contribution in [0.25, 0.3) is 11.1 Å². The molecule has 1 aliphatic heterocycles. The standard InChI is InChI=1S/C25H27N3O2/c1-28-15-14-23-22(18-6-4-3-5-7-18)13-8-19(24(23)17-28)16-26-25(29)27-20-9-11-21(30-2)12-10-20/h3-13H,14-17H2,1-2H3,(H2,26,27,29).